The molecule has 0 radical (unpaired) electrons. The Morgan fingerprint density at radius 2 is 1.80 bits per heavy atom. The highest BCUT2D eigenvalue weighted by molar-refractivity contribution is 5.47. The maximum atomic E-state index is 10.0. The minimum atomic E-state index is 0.349. The lowest BCUT2D eigenvalue weighted by molar-refractivity contribution is -0.129. The van der Waals surface area contributed by atoms with E-state index in [4.69, 9.17) is 0 Å². The van der Waals surface area contributed by atoms with Crippen molar-refractivity contribution >= 4 is 12.2 Å². The zero-order valence-corrected chi connectivity index (χ0v) is 9.27. The monoisotopic (exact) mass is 207 g/mol. The topological polar surface area (TPSA) is 29.5 Å². The second-order valence-corrected chi connectivity index (χ2v) is 3.25. The van der Waals surface area contributed by atoms with Gasteiger partial charge < -0.3 is 9.64 Å². The Labute approximate surface area is 90.7 Å². The third-order valence-corrected chi connectivity index (χ3v) is 2.38. The number of ether oxygens (including phenoxy) is 1. The van der Waals surface area contributed by atoms with Gasteiger partial charge in [0, 0.05) is 18.8 Å². The minimum absolute atomic E-state index is 0.349. The molecule has 0 atom stereocenters. The molecule has 15 heavy (non-hydrogen) atoms. The van der Waals surface area contributed by atoms with Gasteiger partial charge in [-0.25, -0.2) is 0 Å². The van der Waals surface area contributed by atoms with E-state index < -0.39 is 0 Å². The number of benzene rings is 1. The van der Waals surface area contributed by atoms with Gasteiger partial charge in [0.25, 0.3) is 6.47 Å². The zero-order chi connectivity index (χ0) is 11.1. The summed E-state index contributed by atoms with van der Waals surface area (Å²) in [6, 6.07) is 8.07. The molecule has 0 aromatic heterocycles. The molecule has 3 nitrogen and oxygen atoms in total. The highest BCUT2D eigenvalue weighted by Gasteiger charge is 2.00. The van der Waals surface area contributed by atoms with Crippen molar-refractivity contribution in [2.24, 2.45) is 0 Å². The maximum Gasteiger partial charge on any atom is 0.293 e. The highest BCUT2D eigenvalue weighted by atomic mass is 16.5. The predicted molar refractivity (Wildman–Crippen MR) is 60.9 cm³/mol. The lowest BCUT2D eigenvalue weighted by Crippen LogP contribution is -2.21. The summed E-state index contributed by atoms with van der Waals surface area (Å²) in [5.41, 5.74) is 2.22. The summed E-state index contributed by atoms with van der Waals surface area (Å²) in [7, 11) is 0. The van der Waals surface area contributed by atoms with Crippen LogP contribution >= 0.6 is 0 Å². The van der Waals surface area contributed by atoms with Crippen LogP contribution in [-0.4, -0.2) is 19.6 Å². The van der Waals surface area contributed by atoms with E-state index in [0.29, 0.717) is 13.1 Å². The third-order valence-electron chi connectivity index (χ3n) is 2.38. The lowest BCUT2D eigenvalue weighted by atomic mass is 10.2. The van der Waals surface area contributed by atoms with Crippen molar-refractivity contribution in [2.75, 3.05) is 18.0 Å². The van der Waals surface area contributed by atoms with Gasteiger partial charge in [-0.2, -0.15) is 0 Å². The molecule has 0 aliphatic heterocycles. The second-order valence-electron chi connectivity index (χ2n) is 3.25. The predicted octanol–water partition coefficient (Wildman–Crippen LogP) is 2.21. The fourth-order valence-corrected chi connectivity index (χ4v) is 1.52. The molecule has 1 aromatic rings. The zero-order valence-electron chi connectivity index (χ0n) is 9.27. The summed E-state index contributed by atoms with van der Waals surface area (Å²) in [5, 5.41) is 0. The normalized spacial score (nSPS) is 9.73. The van der Waals surface area contributed by atoms with Gasteiger partial charge in [-0.15, -0.1) is 0 Å². The Morgan fingerprint density at radius 3 is 2.27 bits per heavy atom. The average Bonchev–Trinajstić information content (AvgIpc) is 2.29. The van der Waals surface area contributed by atoms with Gasteiger partial charge in [0.15, 0.2) is 0 Å². The first kappa shape index (κ1) is 11.6. The molecule has 0 bridgehead atoms. The summed E-state index contributed by atoms with van der Waals surface area (Å²) in [6.07, 6.45) is 0. The quantitative estimate of drug-likeness (QED) is 0.670. The van der Waals surface area contributed by atoms with E-state index >= 15 is 0 Å². The molecule has 0 unspecified atom stereocenters. The first-order valence-corrected chi connectivity index (χ1v) is 5.21. The Bertz CT molecular complexity index is 291. The number of hydrogen-bond acceptors (Lipinski definition) is 3. The van der Waals surface area contributed by atoms with E-state index in [1.165, 1.54) is 5.69 Å². The number of hydrogen-bond donors (Lipinski definition) is 0. The number of carbonyl (C=O) groups excluding carboxylic acids is 1. The summed E-state index contributed by atoms with van der Waals surface area (Å²) in [5.74, 6) is 0. The molecule has 0 aliphatic carbocycles. The van der Waals surface area contributed by atoms with Gasteiger partial charge in [-0.3, -0.25) is 4.79 Å². The van der Waals surface area contributed by atoms with Crippen LogP contribution < -0.4 is 4.90 Å². The Kier molecular flexibility index (Phi) is 4.68. The van der Waals surface area contributed by atoms with E-state index in [-0.39, 0.29) is 0 Å². The Hall–Kier alpha value is -1.51. The summed E-state index contributed by atoms with van der Waals surface area (Å²) < 4.78 is 4.68. The van der Waals surface area contributed by atoms with Gasteiger partial charge >= 0.3 is 0 Å². The largest absolute Gasteiger partial charge is 0.463 e. The molecule has 82 valence electrons. The SMILES string of the molecule is CCN(CC)c1ccc(COC=O)cc1. The van der Waals surface area contributed by atoms with Gasteiger partial charge in [-0.05, 0) is 31.5 Å². The first-order valence-electron chi connectivity index (χ1n) is 5.21. The van der Waals surface area contributed by atoms with Gasteiger partial charge in [0.05, 0.1) is 0 Å². The van der Waals surface area contributed by atoms with Crippen LogP contribution in [0.1, 0.15) is 19.4 Å². The van der Waals surface area contributed by atoms with E-state index in [2.05, 4.69) is 35.6 Å². The second kappa shape index (κ2) is 6.06. The molecule has 0 N–H and O–H groups in total. The molecule has 0 fully saturated rings. The van der Waals surface area contributed by atoms with E-state index in [1.807, 2.05) is 12.1 Å². The molecular formula is C12H17NO2. The van der Waals surface area contributed by atoms with Crippen molar-refractivity contribution in [2.45, 2.75) is 20.5 Å². The van der Waals surface area contributed by atoms with Crippen LogP contribution in [0.15, 0.2) is 24.3 Å². The van der Waals surface area contributed by atoms with Crippen LogP contribution in [0, 0.1) is 0 Å². The number of anilines is 1. The van der Waals surface area contributed by atoms with Crippen LogP contribution in [-0.2, 0) is 16.1 Å². The van der Waals surface area contributed by atoms with Crippen molar-refractivity contribution in [3.8, 4) is 0 Å². The van der Waals surface area contributed by atoms with Crippen LogP contribution in [0.25, 0.3) is 0 Å². The summed E-state index contributed by atoms with van der Waals surface area (Å²) in [4.78, 5) is 12.3. The Morgan fingerprint density at radius 1 is 1.20 bits per heavy atom. The smallest absolute Gasteiger partial charge is 0.293 e. The molecule has 0 spiro atoms. The summed E-state index contributed by atoms with van der Waals surface area (Å²) >= 11 is 0. The van der Waals surface area contributed by atoms with Crippen LogP contribution in [0.2, 0.25) is 0 Å². The average molecular weight is 207 g/mol. The molecule has 0 saturated heterocycles. The molecule has 1 rings (SSSR count). The lowest BCUT2D eigenvalue weighted by Gasteiger charge is -2.21. The minimum Gasteiger partial charge on any atom is -0.463 e. The van der Waals surface area contributed by atoms with E-state index in [0.717, 1.165) is 18.7 Å². The third kappa shape index (κ3) is 3.27. The number of nitrogens with zero attached hydrogens (tertiary/aromatic N) is 1. The van der Waals surface area contributed by atoms with Crippen LogP contribution in [0.4, 0.5) is 5.69 Å². The van der Waals surface area contributed by atoms with Crippen molar-refractivity contribution in [1.82, 2.24) is 0 Å². The fraction of sp³-hybridized carbons (Fsp3) is 0.417. The molecule has 0 aliphatic rings. The maximum absolute atomic E-state index is 10.0. The fourth-order valence-electron chi connectivity index (χ4n) is 1.52. The molecule has 0 heterocycles. The standard InChI is InChI=1S/C12H17NO2/c1-3-13(4-2)12-7-5-11(6-8-12)9-15-10-14/h5-8,10H,3-4,9H2,1-2H3. The molecule has 1 aromatic carbocycles. The number of carbonyl (C=O) groups is 1. The molecular weight excluding hydrogens is 190 g/mol. The van der Waals surface area contributed by atoms with Gasteiger partial charge in [0.2, 0.25) is 0 Å². The highest BCUT2D eigenvalue weighted by Crippen LogP contribution is 2.15. The van der Waals surface area contributed by atoms with Crippen LogP contribution in [0.5, 0.6) is 0 Å². The van der Waals surface area contributed by atoms with Crippen molar-refractivity contribution in [1.29, 1.82) is 0 Å². The van der Waals surface area contributed by atoms with Gasteiger partial charge in [0.1, 0.15) is 6.61 Å². The van der Waals surface area contributed by atoms with Gasteiger partial charge in [-0.1, -0.05) is 12.1 Å². The molecule has 3 heteroatoms. The van der Waals surface area contributed by atoms with Crippen molar-refractivity contribution in [3.05, 3.63) is 29.8 Å². The number of rotatable bonds is 6. The van der Waals surface area contributed by atoms with Crippen LogP contribution in [0.3, 0.4) is 0 Å². The van der Waals surface area contributed by atoms with E-state index in [1.54, 1.807) is 0 Å². The molecule has 0 saturated carbocycles. The summed E-state index contributed by atoms with van der Waals surface area (Å²) in [6.45, 7) is 7.08. The first-order chi connectivity index (χ1) is 7.31. The van der Waals surface area contributed by atoms with Crippen molar-refractivity contribution in [3.63, 3.8) is 0 Å². The molecule has 0 amide bonds. The Balaban J connectivity index is 2.66. The van der Waals surface area contributed by atoms with Crippen molar-refractivity contribution < 1.29 is 9.53 Å². The van der Waals surface area contributed by atoms with E-state index in [9.17, 15) is 4.79 Å².